The fraction of sp³-hybridized carbons (Fsp3) is 0.800. The van der Waals surface area contributed by atoms with Gasteiger partial charge in [0.1, 0.15) is 0 Å². The lowest BCUT2D eigenvalue weighted by molar-refractivity contribution is -0.861. The van der Waals surface area contributed by atoms with Gasteiger partial charge in [-0.25, -0.2) is 0 Å². The molecular formula is C10H20N2S. The fourth-order valence-electron chi connectivity index (χ4n) is 1.74. The molecule has 76 valence electrons. The maximum Gasteiger partial charge on any atom is 0.0705 e. The van der Waals surface area contributed by atoms with Crippen molar-refractivity contribution in [2.45, 2.75) is 19.4 Å². The number of hydrogen-bond acceptors (Lipinski definition) is 2. The van der Waals surface area contributed by atoms with E-state index in [0.717, 1.165) is 24.0 Å². The molecule has 0 radical (unpaired) electrons. The van der Waals surface area contributed by atoms with E-state index in [2.05, 4.69) is 39.5 Å². The summed E-state index contributed by atoms with van der Waals surface area (Å²) in [6, 6.07) is 0.638. The van der Waals surface area contributed by atoms with Gasteiger partial charge in [-0.1, -0.05) is 12.2 Å². The number of likely N-dealkylation sites (tertiary alicyclic amines) is 1. The first-order valence-corrected chi connectivity index (χ1v) is 5.20. The van der Waals surface area contributed by atoms with Gasteiger partial charge < -0.3 is 4.48 Å². The van der Waals surface area contributed by atoms with Gasteiger partial charge in [0.15, 0.2) is 0 Å². The van der Waals surface area contributed by atoms with Crippen molar-refractivity contribution in [2.24, 2.45) is 0 Å². The number of quaternary nitrogens is 1. The summed E-state index contributed by atoms with van der Waals surface area (Å²) in [5, 5.41) is 0. The Morgan fingerprint density at radius 1 is 1.62 bits per heavy atom. The number of rotatable bonds is 3. The molecular weight excluding hydrogens is 180 g/mol. The zero-order chi connectivity index (χ0) is 10.1. The quantitative estimate of drug-likeness (QED) is 0.384. The molecule has 1 aliphatic heterocycles. The van der Waals surface area contributed by atoms with Crippen molar-refractivity contribution >= 4 is 17.1 Å². The van der Waals surface area contributed by atoms with E-state index in [-0.39, 0.29) is 0 Å². The van der Waals surface area contributed by atoms with Gasteiger partial charge in [-0.3, -0.25) is 4.90 Å². The number of hydrogen-bond donors (Lipinski definition) is 0. The topological polar surface area (TPSA) is 3.24 Å². The number of thiocarbonyl (C=S) groups is 1. The highest BCUT2D eigenvalue weighted by atomic mass is 32.1. The maximum absolute atomic E-state index is 5.24. The van der Waals surface area contributed by atoms with Crippen LogP contribution in [-0.2, 0) is 0 Å². The van der Waals surface area contributed by atoms with Crippen molar-refractivity contribution < 1.29 is 4.48 Å². The Balaban J connectivity index is 2.50. The average molecular weight is 200 g/mol. The van der Waals surface area contributed by atoms with Crippen molar-refractivity contribution in [3.8, 4) is 0 Å². The Morgan fingerprint density at radius 2 is 2.23 bits per heavy atom. The lowest BCUT2D eigenvalue weighted by atomic mass is 10.2. The fourth-order valence-corrected chi connectivity index (χ4v) is 2.14. The standard InChI is InChI=1S/C10H20N2S/c1-5-12(3,4)8-9-6-10(13)7-11(9)2/h5,9H,6-8H2,1-4H3. The van der Waals surface area contributed by atoms with E-state index in [9.17, 15) is 0 Å². The number of likely N-dealkylation sites (N-methyl/N-ethyl adjacent to an activating group) is 2. The summed E-state index contributed by atoms with van der Waals surface area (Å²) in [6.07, 6.45) is 1.10. The van der Waals surface area contributed by atoms with Crippen molar-refractivity contribution in [3.05, 3.63) is 6.54 Å². The van der Waals surface area contributed by atoms with Crippen LogP contribution in [-0.4, -0.2) is 54.5 Å². The van der Waals surface area contributed by atoms with Crippen LogP contribution in [0.5, 0.6) is 0 Å². The predicted molar refractivity (Wildman–Crippen MR) is 60.6 cm³/mol. The molecule has 2 nitrogen and oxygen atoms in total. The van der Waals surface area contributed by atoms with Crippen LogP contribution in [0.2, 0.25) is 0 Å². The minimum Gasteiger partial charge on any atom is -0.458 e. The Hall–Kier alpha value is 0.01000. The molecule has 0 saturated carbocycles. The van der Waals surface area contributed by atoms with Gasteiger partial charge in [0.05, 0.1) is 12.6 Å². The van der Waals surface area contributed by atoms with Gasteiger partial charge in [-0.15, -0.1) is 13.5 Å². The van der Waals surface area contributed by atoms with Crippen LogP contribution in [0.3, 0.4) is 0 Å². The van der Waals surface area contributed by atoms with Crippen LogP contribution in [0.15, 0.2) is 0 Å². The zero-order valence-corrected chi connectivity index (χ0v) is 9.90. The van der Waals surface area contributed by atoms with Gasteiger partial charge in [-0.2, -0.15) is 0 Å². The average Bonchev–Trinajstić information content (AvgIpc) is 2.30. The van der Waals surface area contributed by atoms with Crippen LogP contribution >= 0.6 is 12.2 Å². The molecule has 1 heterocycles. The molecule has 0 aromatic heterocycles. The second kappa shape index (κ2) is 4.03. The molecule has 0 spiro atoms. The highest BCUT2D eigenvalue weighted by Gasteiger charge is 2.28. The van der Waals surface area contributed by atoms with Crippen LogP contribution in [0.4, 0.5) is 0 Å². The molecule has 0 aliphatic carbocycles. The zero-order valence-electron chi connectivity index (χ0n) is 9.08. The van der Waals surface area contributed by atoms with Gasteiger partial charge in [0, 0.05) is 31.9 Å². The second-order valence-electron chi connectivity index (χ2n) is 4.53. The highest BCUT2D eigenvalue weighted by Crippen LogP contribution is 2.17. The molecule has 1 aliphatic rings. The lowest BCUT2D eigenvalue weighted by Gasteiger charge is -2.41. The van der Waals surface area contributed by atoms with Crippen molar-refractivity contribution in [2.75, 3.05) is 34.2 Å². The molecule has 1 saturated heterocycles. The Labute approximate surface area is 87.1 Å². The molecule has 1 fully saturated rings. The Kier molecular flexibility index (Phi) is 3.44. The summed E-state index contributed by atoms with van der Waals surface area (Å²) in [5.74, 6) is 0. The maximum atomic E-state index is 5.24. The molecule has 1 atom stereocenters. The van der Waals surface area contributed by atoms with Gasteiger partial charge in [0.25, 0.3) is 0 Å². The molecule has 1 rings (SSSR count). The van der Waals surface area contributed by atoms with E-state index in [1.54, 1.807) is 0 Å². The van der Waals surface area contributed by atoms with Gasteiger partial charge in [-0.05, 0) is 7.05 Å². The van der Waals surface area contributed by atoms with Crippen LogP contribution in [0.1, 0.15) is 13.3 Å². The van der Waals surface area contributed by atoms with E-state index in [1.807, 2.05) is 0 Å². The smallest absolute Gasteiger partial charge is 0.0705 e. The largest absolute Gasteiger partial charge is 0.458 e. The van der Waals surface area contributed by atoms with E-state index < -0.39 is 0 Å². The van der Waals surface area contributed by atoms with E-state index >= 15 is 0 Å². The normalized spacial score (nSPS) is 25.5. The molecule has 0 aromatic carbocycles. The monoisotopic (exact) mass is 200 g/mol. The minimum atomic E-state index is 0.638. The van der Waals surface area contributed by atoms with Crippen LogP contribution < -0.4 is 0 Å². The Morgan fingerprint density at radius 3 is 2.62 bits per heavy atom. The van der Waals surface area contributed by atoms with Crippen molar-refractivity contribution in [1.82, 2.24) is 4.90 Å². The molecule has 3 heteroatoms. The third kappa shape index (κ3) is 3.01. The molecule has 0 aromatic rings. The lowest BCUT2D eigenvalue weighted by Crippen LogP contribution is -2.45. The summed E-state index contributed by atoms with van der Waals surface area (Å²) in [4.78, 5) is 3.58. The minimum absolute atomic E-state index is 0.638. The summed E-state index contributed by atoms with van der Waals surface area (Å²) >= 11 is 5.24. The van der Waals surface area contributed by atoms with Crippen LogP contribution in [0.25, 0.3) is 0 Å². The van der Waals surface area contributed by atoms with Crippen LogP contribution in [0, 0.1) is 6.54 Å². The molecule has 0 amide bonds. The SMILES string of the molecule is C[CH-][N+](C)(C)CC1CC(=S)CN1C. The third-order valence-corrected chi connectivity index (χ3v) is 3.19. The van der Waals surface area contributed by atoms with Gasteiger partial charge >= 0.3 is 0 Å². The third-order valence-electron chi connectivity index (χ3n) is 2.89. The molecule has 1 unspecified atom stereocenters. The predicted octanol–water partition coefficient (Wildman–Crippen LogP) is 1.32. The summed E-state index contributed by atoms with van der Waals surface area (Å²) in [6.45, 7) is 6.51. The van der Waals surface area contributed by atoms with Crippen molar-refractivity contribution in [3.63, 3.8) is 0 Å². The molecule has 13 heavy (non-hydrogen) atoms. The van der Waals surface area contributed by atoms with E-state index in [4.69, 9.17) is 12.2 Å². The highest BCUT2D eigenvalue weighted by molar-refractivity contribution is 7.80. The summed E-state index contributed by atoms with van der Waals surface area (Å²) in [7, 11) is 6.63. The number of nitrogens with zero attached hydrogens (tertiary/aromatic N) is 2. The summed E-state index contributed by atoms with van der Waals surface area (Å²) in [5.41, 5.74) is 0. The first-order chi connectivity index (χ1) is 5.94. The first-order valence-electron chi connectivity index (χ1n) is 4.80. The summed E-state index contributed by atoms with van der Waals surface area (Å²) < 4.78 is 0.970. The van der Waals surface area contributed by atoms with Crippen molar-refractivity contribution in [1.29, 1.82) is 0 Å². The second-order valence-corrected chi connectivity index (χ2v) is 5.11. The molecule has 0 N–H and O–H groups in total. The van der Waals surface area contributed by atoms with E-state index in [1.165, 1.54) is 4.86 Å². The Bertz CT molecular complexity index is 201. The van der Waals surface area contributed by atoms with E-state index in [0.29, 0.717) is 6.04 Å². The first kappa shape index (κ1) is 11.1. The van der Waals surface area contributed by atoms with Gasteiger partial charge in [0.2, 0.25) is 0 Å². The molecule has 0 bridgehead atoms.